The fourth-order valence-electron chi connectivity index (χ4n) is 3.09. The lowest BCUT2D eigenvalue weighted by Crippen LogP contribution is -2.56. The monoisotopic (exact) mass is 297 g/mol. The number of nitrogens with zero attached hydrogens (tertiary/aromatic N) is 1. The summed E-state index contributed by atoms with van der Waals surface area (Å²) >= 11 is 0. The maximum Gasteiger partial charge on any atom is 0.173 e. The zero-order chi connectivity index (χ0) is 16.1. The predicted octanol–water partition coefficient (Wildman–Crippen LogP) is 6.03. The van der Waals surface area contributed by atoms with Gasteiger partial charge < -0.3 is 0 Å². The molecule has 0 saturated carbocycles. The molecule has 2 heteroatoms. The molecule has 117 valence electrons. The molecule has 0 unspecified atom stereocenters. The fourth-order valence-corrected chi connectivity index (χ4v) is 3.09. The molecule has 2 rings (SSSR count). The lowest BCUT2D eigenvalue weighted by molar-refractivity contribution is -0.160. The van der Waals surface area contributed by atoms with Crippen molar-refractivity contribution >= 4 is 11.4 Å². The van der Waals surface area contributed by atoms with Gasteiger partial charge >= 0.3 is 0 Å². The molecule has 0 heterocycles. The van der Waals surface area contributed by atoms with E-state index in [0.29, 0.717) is 0 Å². The minimum atomic E-state index is -0.405. The van der Waals surface area contributed by atoms with Gasteiger partial charge in [-0.3, -0.25) is 0 Å². The Bertz CT molecular complexity index is 523. The Morgan fingerprint density at radius 3 is 1.68 bits per heavy atom. The smallest absolute Gasteiger partial charge is 0.0730 e. The third-order valence-electron chi connectivity index (χ3n) is 4.48. The van der Waals surface area contributed by atoms with Crippen LogP contribution in [0, 0.1) is 0 Å². The number of quaternary nitrogens is 1. The second-order valence-electron chi connectivity index (χ2n) is 6.55. The van der Waals surface area contributed by atoms with Gasteiger partial charge in [0.2, 0.25) is 0 Å². The van der Waals surface area contributed by atoms with E-state index in [9.17, 15) is 5.21 Å². The van der Waals surface area contributed by atoms with Gasteiger partial charge in [-0.05, 0) is 20.3 Å². The van der Waals surface area contributed by atoms with Gasteiger partial charge in [-0.2, -0.15) is 0 Å². The van der Waals surface area contributed by atoms with E-state index in [1.807, 2.05) is 60.7 Å². The van der Waals surface area contributed by atoms with Gasteiger partial charge in [0.1, 0.15) is 5.54 Å². The number of benzene rings is 2. The second-order valence-corrected chi connectivity index (χ2v) is 6.55. The summed E-state index contributed by atoms with van der Waals surface area (Å²) in [6.45, 7) is 6.38. The van der Waals surface area contributed by atoms with Crippen LogP contribution < -0.4 is 4.65 Å². The minimum absolute atomic E-state index is 0.404. The van der Waals surface area contributed by atoms with Crippen molar-refractivity contribution in [3.05, 3.63) is 60.7 Å². The number of hydrogen-bond donors (Lipinski definition) is 0. The summed E-state index contributed by atoms with van der Waals surface area (Å²) in [5.74, 6) is 0. The van der Waals surface area contributed by atoms with Crippen molar-refractivity contribution in [2.24, 2.45) is 0 Å². The standard InChI is InChI=1S/C20H27NO/c1-4-5-12-17-20(2,3)21(22,18-13-8-6-9-14-18)19-15-10-7-11-16-19/h6-11,13-16H,4-5,12,17H2,1-3H3/q+1. The highest BCUT2D eigenvalue weighted by Crippen LogP contribution is 2.42. The molecule has 0 aliphatic heterocycles. The van der Waals surface area contributed by atoms with Gasteiger partial charge in [-0.15, -0.1) is 0 Å². The fraction of sp³-hybridized carbons (Fsp3) is 0.400. The van der Waals surface area contributed by atoms with Crippen molar-refractivity contribution in [3.8, 4) is 0 Å². The van der Waals surface area contributed by atoms with Crippen LogP contribution in [0.1, 0.15) is 46.5 Å². The molecule has 0 saturated heterocycles. The summed E-state index contributed by atoms with van der Waals surface area (Å²) < 4.78 is -0.404. The Balaban J connectivity index is 2.46. The van der Waals surface area contributed by atoms with Crippen LogP contribution >= 0.6 is 0 Å². The van der Waals surface area contributed by atoms with Crippen LogP contribution in [0.5, 0.6) is 0 Å². The molecule has 2 aromatic carbocycles. The van der Waals surface area contributed by atoms with Gasteiger partial charge in [0.15, 0.2) is 11.4 Å². The van der Waals surface area contributed by atoms with Crippen LogP contribution in [0.2, 0.25) is 0 Å². The normalized spacial score (nSPS) is 12.4. The second kappa shape index (κ2) is 7.08. The Labute approximate surface area is 134 Å². The SMILES string of the molecule is CCCCCC(C)(C)[N+]([O])(c1ccccc1)c1ccccc1. The van der Waals surface area contributed by atoms with Crippen LogP contribution in [0.3, 0.4) is 0 Å². The third-order valence-corrected chi connectivity index (χ3v) is 4.48. The van der Waals surface area contributed by atoms with Crippen molar-refractivity contribution in [2.45, 2.75) is 52.0 Å². The first kappa shape index (κ1) is 16.7. The largest absolute Gasteiger partial charge is 0.173 e. The average molecular weight is 297 g/mol. The van der Waals surface area contributed by atoms with E-state index in [-0.39, 0.29) is 0 Å². The molecule has 2 nitrogen and oxygen atoms in total. The highest BCUT2D eigenvalue weighted by molar-refractivity contribution is 5.57. The highest BCUT2D eigenvalue weighted by atomic mass is 16.6. The molecule has 2 aromatic rings. The summed E-state index contributed by atoms with van der Waals surface area (Å²) in [5, 5.41) is 14.1. The molecular formula is C20H27NO+. The predicted molar refractivity (Wildman–Crippen MR) is 93.2 cm³/mol. The van der Waals surface area contributed by atoms with Gasteiger partial charge in [0.05, 0.1) is 0 Å². The van der Waals surface area contributed by atoms with E-state index in [1.165, 1.54) is 12.8 Å². The van der Waals surface area contributed by atoms with E-state index in [0.717, 1.165) is 24.2 Å². The molecule has 0 atom stereocenters. The van der Waals surface area contributed by atoms with Crippen LogP contribution in [0.4, 0.5) is 11.4 Å². The summed E-state index contributed by atoms with van der Waals surface area (Å²) in [7, 11) is 0. The van der Waals surface area contributed by atoms with Gasteiger partial charge in [0, 0.05) is 35.9 Å². The summed E-state index contributed by atoms with van der Waals surface area (Å²) in [4.78, 5) is 0. The molecule has 1 radical (unpaired) electrons. The molecule has 0 spiro atoms. The lowest BCUT2D eigenvalue weighted by atomic mass is 9.92. The van der Waals surface area contributed by atoms with Gasteiger partial charge in [-0.25, -0.2) is 0 Å². The highest BCUT2D eigenvalue weighted by Gasteiger charge is 2.49. The van der Waals surface area contributed by atoms with Crippen molar-refractivity contribution < 1.29 is 5.21 Å². The van der Waals surface area contributed by atoms with Gasteiger partial charge in [-0.1, -0.05) is 60.8 Å². The summed E-state index contributed by atoms with van der Waals surface area (Å²) in [6, 6.07) is 19.5. The molecule has 0 bridgehead atoms. The zero-order valence-electron chi connectivity index (χ0n) is 14.0. The van der Waals surface area contributed by atoms with E-state index >= 15 is 0 Å². The topological polar surface area (TPSA) is 19.9 Å². The molecule has 0 N–H and O–H groups in total. The Morgan fingerprint density at radius 2 is 1.27 bits per heavy atom. The number of rotatable bonds is 7. The van der Waals surface area contributed by atoms with E-state index in [4.69, 9.17) is 0 Å². The molecule has 0 amide bonds. The van der Waals surface area contributed by atoms with Crippen molar-refractivity contribution in [2.75, 3.05) is 0 Å². The van der Waals surface area contributed by atoms with Crippen LogP contribution in [-0.4, -0.2) is 5.54 Å². The van der Waals surface area contributed by atoms with E-state index in [1.54, 1.807) is 0 Å². The minimum Gasteiger partial charge on any atom is -0.0730 e. The van der Waals surface area contributed by atoms with E-state index < -0.39 is 10.2 Å². The van der Waals surface area contributed by atoms with Crippen LogP contribution in [-0.2, 0) is 5.21 Å². The summed E-state index contributed by atoms with van der Waals surface area (Å²) in [6.07, 6.45) is 4.35. The average Bonchev–Trinajstić information content (AvgIpc) is 2.55. The van der Waals surface area contributed by atoms with Crippen molar-refractivity contribution in [3.63, 3.8) is 0 Å². The number of unbranched alkanes of at least 4 members (excludes halogenated alkanes) is 2. The Morgan fingerprint density at radius 1 is 0.818 bits per heavy atom. The third kappa shape index (κ3) is 3.23. The molecule has 22 heavy (non-hydrogen) atoms. The van der Waals surface area contributed by atoms with Gasteiger partial charge in [0.25, 0.3) is 0 Å². The number of para-hydroxylation sites is 2. The molecule has 0 fully saturated rings. The quantitative estimate of drug-likeness (QED) is 0.338. The molecule has 0 aromatic heterocycles. The molecule has 0 aliphatic carbocycles. The van der Waals surface area contributed by atoms with Crippen molar-refractivity contribution in [1.29, 1.82) is 0 Å². The van der Waals surface area contributed by atoms with E-state index in [2.05, 4.69) is 20.8 Å². The number of hydrogen-bond acceptors (Lipinski definition) is 0. The maximum atomic E-state index is 14.1. The first-order valence-corrected chi connectivity index (χ1v) is 8.24. The summed E-state index contributed by atoms with van der Waals surface area (Å²) in [5.41, 5.74) is 1.20. The number of hydroxylamine groups is 1. The Kier molecular flexibility index (Phi) is 5.38. The first-order valence-electron chi connectivity index (χ1n) is 8.24. The maximum absolute atomic E-state index is 14.1. The van der Waals surface area contributed by atoms with Crippen LogP contribution in [0.25, 0.3) is 0 Å². The lowest BCUT2D eigenvalue weighted by Gasteiger charge is -2.40. The first-order chi connectivity index (χ1) is 10.5. The molecular weight excluding hydrogens is 270 g/mol. The zero-order valence-corrected chi connectivity index (χ0v) is 14.0. The van der Waals surface area contributed by atoms with Crippen LogP contribution in [0.15, 0.2) is 60.7 Å². The Hall–Kier alpha value is -1.64. The van der Waals surface area contributed by atoms with Crippen molar-refractivity contribution in [1.82, 2.24) is 4.65 Å². The molecule has 0 aliphatic rings.